The van der Waals surface area contributed by atoms with Crippen molar-refractivity contribution in [3.8, 4) is 11.5 Å². The van der Waals surface area contributed by atoms with Gasteiger partial charge in [-0.2, -0.15) is 0 Å². The first-order valence-corrected chi connectivity index (χ1v) is 6.27. The molecule has 1 amide bonds. The lowest BCUT2D eigenvalue weighted by atomic mass is 10.2. The average Bonchev–Trinajstić information content (AvgIpc) is 2.77. The zero-order valence-electron chi connectivity index (χ0n) is 10.2. The lowest BCUT2D eigenvalue weighted by Gasteiger charge is -2.17. The maximum absolute atomic E-state index is 11.4. The molecule has 6 heteroatoms. The summed E-state index contributed by atoms with van der Waals surface area (Å²) in [5.41, 5.74) is 0.950. The summed E-state index contributed by atoms with van der Waals surface area (Å²) >= 11 is 3.48. The van der Waals surface area contributed by atoms with Crippen LogP contribution >= 0.6 is 15.9 Å². The summed E-state index contributed by atoms with van der Waals surface area (Å²) in [6.45, 7) is 1.54. The number of rotatable bonds is 4. The Morgan fingerprint density at radius 3 is 2.72 bits per heavy atom. The molecule has 1 heterocycles. The van der Waals surface area contributed by atoms with Crippen molar-refractivity contribution < 1.29 is 19.0 Å². The smallest absolute Gasteiger partial charge is 0.410 e. The van der Waals surface area contributed by atoms with E-state index in [0.717, 1.165) is 10.0 Å². The van der Waals surface area contributed by atoms with Crippen LogP contribution in [0.4, 0.5) is 4.79 Å². The monoisotopic (exact) mass is 315 g/mol. The molecule has 1 aromatic rings. The molecule has 2 rings (SSSR count). The number of hydrogen-bond donors (Lipinski definition) is 0. The van der Waals surface area contributed by atoms with Crippen LogP contribution in [-0.2, 0) is 11.3 Å². The molecule has 0 radical (unpaired) electrons. The molecule has 18 heavy (non-hydrogen) atoms. The maximum Gasteiger partial charge on any atom is 0.410 e. The third-order valence-corrected chi connectivity index (χ3v) is 3.64. The van der Waals surface area contributed by atoms with Crippen LogP contribution < -0.4 is 9.47 Å². The Bertz CT molecular complexity index is 464. The molecule has 1 fully saturated rings. The number of carbonyl (C=O) groups excluding carboxylic acids is 1. The van der Waals surface area contributed by atoms with E-state index in [0.29, 0.717) is 31.2 Å². The lowest BCUT2D eigenvalue weighted by Crippen LogP contribution is -2.23. The van der Waals surface area contributed by atoms with Gasteiger partial charge in [0.15, 0.2) is 11.5 Å². The number of benzene rings is 1. The van der Waals surface area contributed by atoms with Gasteiger partial charge in [0, 0.05) is 0 Å². The van der Waals surface area contributed by atoms with E-state index >= 15 is 0 Å². The minimum atomic E-state index is -0.281. The van der Waals surface area contributed by atoms with E-state index in [1.54, 1.807) is 19.1 Å². The highest BCUT2D eigenvalue weighted by molar-refractivity contribution is 9.10. The van der Waals surface area contributed by atoms with Gasteiger partial charge in [0.05, 0.1) is 31.8 Å². The molecule has 0 bridgehead atoms. The second-order valence-electron chi connectivity index (χ2n) is 3.81. The van der Waals surface area contributed by atoms with Crippen LogP contribution in [0.25, 0.3) is 0 Å². The fourth-order valence-corrected chi connectivity index (χ4v) is 2.44. The predicted molar refractivity (Wildman–Crippen MR) is 69.0 cm³/mol. The van der Waals surface area contributed by atoms with Crippen LogP contribution in [0.3, 0.4) is 0 Å². The van der Waals surface area contributed by atoms with Gasteiger partial charge in [-0.3, -0.25) is 0 Å². The minimum absolute atomic E-state index is 0.281. The number of amides is 1. The van der Waals surface area contributed by atoms with Crippen molar-refractivity contribution in [1.29, 1.82) is 0 Å². The molecule has 5 nitrogen and oxygen atoms in total. The van der Waals surface area contributed by atoms with E-state index in [9.17, 15) is 4.79 Å². The summed E-state index contributed by atoms with van der Waals surface area (Å²) < 4.78 is 16.2. The van der Waals surface area contributed by atoms with Crippen molar-refractivity contribution in [1.82, 2.24) is 4.90 Å². The van der Waals surface area contributed by atoms with Crippen molar-refractivity contribution in [3.05, 3.63) is 22.2 Å². The molecule has 1 saturated heterocycles. The number of nitrogens with zero attached hydrogens (tertiary/aromatic N) is 1. The van der Waals surface area contributed by atoms with E-state index in [4.69, 9.17) is 14.2 Å². The third kappa shape index (κ3) is 2.38. The standard InChI is InChI=1S/C12H14BrNO4/c1-16-9-4-3-8(10(13)11(9)17-2)7-14-5-6-18-12(14)15/h3-4H,5-7H2,1-2H3. The highest BCUT2D eigenvalue weighted by Gasteiger charge is 2.23. The van der Waals surface area contributed by atoms with Gasteiger partial charge in [-0.15, -0.1) is 0 Å². The van der Waals surface area contributed by atoms with Crippen LogP contribution in [0.2, 0.25) is 0 Å². The van der Waals surface area contributed by atoms with E-state index in [1.165, 1.54) is 0 Å². The van der Waals surface area contributed by atoms with Gasteiger partial charge in [-0.05, 0) is 27.6 Å². The number of halogens is 1. The quantitative estimate of drug-likeness (QED) is 0.856. The number of cyclic esters (lactones) is 1. The van der Waals surface area contributed by atoms with Crippen molar-refractivity contribution in [2.75, 3.05) is 27.4 Å². The van der Waals surface area contributed by atoms with E-state index in [2.05, 4.69) is 15.9 Å². The molecule has 1 aliphatic rings. The predicted octanol–water partition coefficient (Wildman–Crippen LogP) is 2.42. The summed E-state index contributed by atoms with van der Waals surface area (Å²) in [4.78, 5) is 13.0. The van der Waals surface area contributed by atoms with E-state index in [1.807, 2.05) is 12.1 Å². The molecule has 0 saturated carbocycles. The zero-order valence-corrected chi connectivity index (χ0v) is 11.8. The molecule has 0 atom stereocenters. The summed E-state index contributed by atoms with van der Waals surface area (Å²) in [7, 11) is 3.16. The van der Waals surface area contributed by atoms with Crippen LogP contribution in [0, 0.1) is 0 Å². The van der Waals surface area contributed by atoms with Gasteiger partial charge < -0.3 is 19.1 Å². The van der Waals surface area contributed by atoms with E-state index < -0.39 is 0 Å². The second kappa shape index (κ2) is 5.48. The summed E-state index contributed by atoms with van der Waals surface area (Å²) in [5.74, 6) is 1.28. The molecule has 0 spiro atoms. The topological polar surface area (TPSA) is 48.0 Å². The number of hydrogen-bond acceptors (Lipinski definition) is 4. The molecule has 98 valence electrons. The summed E-state index contributed by atoms with van der Waals surface area (Å²) in [6, 6.07) is 3.72. The van der Waals surface area contributed by atoms with Crippen LogP contribution in [0.5, 0.6) is 11.5 Å². The summed E-state index contributed by atoms with van der Waals surface area (Å²) in [5, 5.41) is 0. The second-order valence-corrected chi connectivity index (χ2v) is 4.60. The molecule has 1 aromatic carbocycles. The van der Waals surface area contributed by atoms with Crippen molar-refractivity contribution in [2.45, 2.75) is 6.54 Å². The Morgan fingerprint density at radius 1 is 1.39 bits per heavy atom. The fourth-order valence-electron chi connectivity index (χ4n) is 1.83. The van der Waals surface area contributed by atoms with Gasteiger partial charge >= 0.3 is 6.09 Å². The molecular formula is C12H14BrNO4. The zero-order chi connectivity index (χ0) is 13.1. The highest BCUT2D eigenvalue weighted by atomic mass is 79.9. The first kappa shape index (κ1) is 13.0. The minimum Gasteiger partial charge on any atom is -0.493 e. The van der Waals surface area contributed by atoms with Crippen LogP contribution in [-0.4, -0.2) is 38.4 Å². The molecule has 0 aromatic heterocycles. The molecule has 1 aliphatic heterocycles. The van der Waals surface area contributed by atoms with Gasteiger partial charge in [0.2, 0.25) is 0 Å². The molecular weight excluding hydrogens is 302 g/mol. The highest BCUT2D eigenvalue weighted by Crippen LogP contribution is 2.38. The van der Waals surface area contributed by atoms with Gasteiger partial charge in [-0.25, -0.2) is 4.79 Å². The Labute approximate surface area is 114 Å². The van der Waals surface area contributed by atoms with Crippen LogP contribution in [0.15, 0.2) is 16.6 Å². The molecule has 0 aliphatic carbocycles. The van der Waals surface area contributed by atoms with Crippen molar-refractivity contribution >= 4 is 22.0 Å². The number of carbonyl (C=O) groups is 1. The summed E-state index contributed by atoms with van der Waals surface area (Å²) in [6.07, 6.45) is -0.281. The van der Waals surface area contributed by atoms with Crippen molar-refractivity contribution in [2.24, 2.45) is 0 Å². The van der Waals surface area contributed by atoms with Gasteiger partial charge in [0.1, 0.15) is 6.61 Å². The number of methoxy groups -OCH3 is 2. The largest absolute Gasteiger partial charge is 0.493 e. The number of ether oxygens (including phenoxy) is 3. The Morgan fingerprint density at radius 2 is 2.17 bits per heavy atom. The lowest BCUT2D eigenvalue weighted by molar-refractivity contribution is 0.157. The van der Waals surface area contributed by atoms with Gasteiger partial charge in [0.25, 0.3) is 0 Å². The fraction of sp³-hybridized carbons (Fsp3) is 0.417. The Kier molecular flexibility index (Phi) is 3.96. The first-order chi connectivity index (χ1) is 8.67. The average molecular weight is 316 g/mol. The van der Waals surface area contributed by atoms with Crippen LogP contribution in [0.1, 0.15) is 5.56 Å². The SMILES string of the molecule is COc1ccc(CN2CCOC2=O)c(Br)c1OC. The maximum atomic E-state index is 11.4. The van der Waals surface area contributed by atoms with E-state index in [-0.39, 0.29) is 6.09 Å². The third-order valence-electron chi connectivity index (χ3n) is 2.77. The van der Waals surface area contributed by atoms with Gasteiger partial charge in [-0.1, -0.05) is 6.07 Å². The normalized spacial score (nSPS) is 14.6. The first-order valence-electron chi connectivity index (χ1n) is 5.48. The Hall–Kier alpha value is -1.43. The molecule has 0 unspecified atom stereocenters. The Balaban J connectivity index is 2.26. The molecule has 0 N–H and O–H groups in total. The van der Waals surface area contributed by atoms with Crippen molar-refractivity contribution in [3.63, 3.8) is 0 Å².